The lowest BCUT2D eigenvalue weighted by atomic mass is 10.0. The molecule has 4 aromatic rings. The maximum absolute atomic E-state index is 12.6. The third kappa shape index (κ3) is 3.05. The van der Waals surface area contributed by atoms with Gasteiger partial charge in [-0.05, 0) is 17.7 Å². The highest BCUT2D eigenvalue weighted by Gasteiger charge is 2.23. The molecule has 1 aromatic carbocycles. The number of H-pyrrole nitrogens is 2. The third-order valence-corrected chi connectivity index (χ3v) is 5.08. The van der Waals surface area contributed by atoms with Gasteiger partial charge < -0.3 is 9.40 Å². The van der Waals surface area contributed by atoms with Crippen LogP contribution >= 0.6 is 0 Å². The number of hydrogen-bond acceptors (Lipinski definition) is 5. The number of aromatic amines is 2. The summed E-state index contributed by atoms with van der Waals surface area (Å²) in [4.78, 5) is 22.4. The first-order chi connectivity index (χ1) is 13.8. The molecule has 0 atom stereocenters. The fourth-order valence-corrected chi connectivity index (χ4v) is 3.67. The van der Waals surface area contributed by atoms with Gasteiger partial charge in [0.15, 0.2) is 11.6 Å². The molecule has 0 fully saturated rings. The molecule has 28 heavy (non-hydrogen) atoms. The SMILES string of the molecule is O=c1[nH]c(-c2ccco2)nc2c1CN(Cc1cn[nH]c1-c1ccccc1)CC2. The van der Waals surface area contributed by atoms with Gasteiger partial charge in [0.25, 0.3) is 5.56 Å². The first-order valence-electron chi connectivity index (χ1n) is 9.24. The Hall–Kier alpha value is -3.45. The number of benzene rings is 1. The second kappa shape index (κ2) is 6.94. The molecular formula is C21H19N5O2. The standard InChI is InChI=1S/C21H19N5O2/c27-21-16-13-26(9-8-17(16)23-20(24-21)18-7-4-10-28-18)12-15-11-22-25-19(15)14-5-2-1-3-6-14/h1-7,10-11H,8-9,12-13H2,(H,22,25)(H,23,24,27). The zero-order valence-corrected chi connectivity index (χ0v) is 15.2. The van der Waals surface area contributed by atoms with Crippen molar-refractivity contribution in [3.63, 3.8) is 0 Å². The molecule has 1 aliphatic heterocycles. The number of furan rings is 1. The Morgan fingerprint density at radius 3 is 2.86 bits per heavy atom. The molecule has 7 nitrogen and oxygen atoms in total. The van der Waals surface area contributed by atoms with Crippen LogP contribution in [0.3, 0.4) is 0 Å². The highest BCUT2D eigenvalue weighted by molar-refractivity contribution is 5.62. The van der Waals surface area contributed by atoms with Gasteiger partial charge in [0.1, 0.15) is 0 Å². The number of aromatic nitrogens is 4. The van der Waals surface area contributed by atoms with E-state index in [1.54, 1.807) is 18.4 Å². The first-order valence-corrected chi connectivity index (χ1v) is 9.24. The number of hydrogen-bond donors (Lipinski definition) is 2. The van der Waals surface area contributed by atoms with Crippen LogP contribution in [0.4, 0.5) is 0 Å². The zero-order chi connectivity index (χ0) is 18.9. The number of fused-ring (bicyclic) bond motifs is 1. The van der Waals surface area contributed by atoms with Crippen molar-refractivity contribution < 1.29 is 4.42 Å². The second-order valence-electron chi connectivity index (χ2n) is 6.91. The van der Waals surface area contributed by atoms with E-state index in [4.69, 9.17) is 4.42 Å². The van der Waals surface area contributed by atoms with Gasteiger partial charge in [0.2, 0.25) is 0 Å². The Kier molecular flexibility index (Phi) is 4.14. The van der Waals surface area contributed by atoms with Crippen molar-refractivity contribution >= 4 is 0 Å². The Labute approximate surface area is 161 Å². The fourth-order valence-electron chi connectivity index (χ4n) is 3.67. The monoisotopic (exact) mass is 373 g/mol. The summed E-state index contributed by atoms with van der Waals surface area (Å²) in [6.07, 6.45) is 4.16. The molecule has 0 saturated heterocycles. The fraction of sp³-hybridized carbons (Fsp3) is 0.190. The van der Waals surface area contributed by atoms with E-state index in [9.17, 15) is 4.79 Å². The lowest BCUT2D eigenvalue weighted by molar-refractivity contribution is 0.242. The molecule has 0 saturated carbocycles. The van der Waals surface area contributed by atoms with Gasteiger partial charge in [0, 0.05) is 31.6 Å². The van der Waals surface area contributed by atoms with Crippen LogP contribution in [0.15, 0.2) is 64.1 Å². The summed E-state index contributed by atoms with van der Waals surface area (Å²) in [6, 6.07) is 13.7. The van der Waals surface area contributed by atoms with Crippen LogP contribution in [0.1, 0.15) is 16.8 Å². The predicted octanol–water partition coefficient (Wildman–Crippen LogP) is 2.98. The minimum Gasteiger partial charge on any atom is -0.461 e. The maximum atomic E-state index is 12.6. The van der Waals surface area contributed by atoms with Gasteiger partial charge in [-0.2, -0.15) is 5.10 Å². The molecule has 0 radical (unpaired) electrons. The van der Waals surface area contributed by atoms with Crippen molar-refractivity contribution in [1.82, 2.24) is 25.1 Å². The maximum Gasteiger partial charge on any atom is 0.256 e. The van der Waals surface area contributed by atoms with Crippen molar-refractivity contribution in [3.8, 4) is 22.8 Å². The summed E-state index contributed by atoms with van der Waals surface area (Å²) in [5, 5.41) is 7.32. The Morgan fingerprint density at radius 2 is 2.04 bits per heavy atom. The molecule has 4 heterocycles. The lowest BCUT2D eigenvalue weighted by Crippen LogP contribution is -2.35. The van der Waals surface area contributed by atoms with Crippen molar-refractivity contribution in [2.24, 2.45) is 0 Å². The molecule has 140 valence electrons. The second-order valence-corrected chi connectivity index (χ2v) is 6.91. The van der Waals surface area contributed by atoms with Crippen LogP contribution in [-0.2, 0) is 19.5 Å². The van der Waals surface area contributed by atoms with Crippen LogP contribution in [0.25, 0.3) is 22.8 Å². The number of nitrogens with zero attached hydrogens (tertiary/aromatic N) is 3. The quantitative estimate of drug-likeness (QED) is 0.574. The van der Waals surface area contributed by atoms with Crippen LogP contribution in [0.2, 0.25) is 0 Å². The van der Waals surface area contributed by atoms with E-state index in [1.807, 2.05) is 24.4 Å². The van der Waals surface area contributed by atoms with Gasteiger partial charge >= 0.3 is 0 Å². The lowest BCUT2D eigenvalue weighted by Gasteiger charge is -2.27. The smallest absolute Gasteiger partial charge is 0.256 e. The van der Waals surface area contributed by atoms with Crippen LogP contribution in [0.5, 0.6) is 0 Å². The highest BCUT2D eigenvalue weighted by atomic mass is 16.3. The average Bonchev–Trinajstić information content (AvgIpc) is 3.41. The van der Waals surface area contributed by atoms with Gasteiger partial charge in [-0.1, -0.05) is 30.3 Å². The van der Waals surface area contributed by atoms with Crippen molar-refractivity contribution in [2.45, 2.75) is 19.5 Å². The summed E-state index contributed by atoms with van der Waals surface area (Å²) >= 11 is 0. The normalized spacial score (nSPS) is 14.1. The van der Waals surface area contributed by atoms with Gasteiger partial charge in [0.05, 0.1) is 29.4 Å². The summed E-state index contributed by atoms with van der Waals surface area (Å²) in [7, 11) is 0. The van der Waals surface area contributed by atoms with Gasteiger partial charge in [-0.15, -0.1) is 0 Å². The van der Waals surface area contributed by atoms with Crippen molar-refractivity contribution in [2.75, 3.05) is 6.54 Å². The number of nitrogens with one attached hydrogen (secondary N) is 2. The van der Waals surface area contributed by atoms with Gasteiger partial charge in [-0.25, -0.2) is 4.98 Å². The molecule has 1 aliphatic rings. The summed E-state index contributed by atoms with van der Waals surface area (Å²) in [6.45, 7) is 2.12. The minimum absolute atomic E-state index is 0.100. The largest absolute Gasteiger partial charge is 0.461 e. The van der Waals surface area contributed by atoms with E-state index in [1.165, 1.54) is 0 Å². The molecule has 0 unspecified atom stereocenters. The molecule has 3 aromatic heterocycles. The third-order valence-electron chi connectivity index (χ3n) is 5.08. The van der Waals surface area contributed by atoms with Crippen LogP contribution in [-0.4, -0.2) is 31.6 Å². The summed E-state index contributed by atoms with van der Waals surface area (Å²) < 4.78 is 5.36. The van der Waals surface area contributed by atoms with Gasteiger partial charge in [-0.3, -0.25) is 14.8 Å². The molecule has 7 heteroatoms. The van der Waals surface area contributed by atoms with Crippen LogP contribution < -0.4 is 5.56 Å². The zero-order valence-electron chi connectivity index (χ0n) is 15.2. The predicted molar refractivity (Wildman–Crippen MR) is 104 cm³/mol. The molecular weight excluding hydrogens is 354 g/mol. The van der Waals surface area contributed by atoms with Crippen LogP contribution in [0, 0.1) is 0 Å². The molecule has 5 rings (SSSR count). The number of rotatable bonds is 4. The molecule has 0 amide bonds. The Bertz CT molecular complexity index is 1150. The minimum atomic E-state index is -0.100. The molecule has 0 spiro atoms. The van der Waals surface area contributed by atoms with E-state index < -0.39 is 0 Å². The first kappa shape index (κ1) is 16.7. The topological polar surface area (TPSA) is 90.8 Å². The van der Waals surface area contributed by atoms with Crippen molar-refractivity contribution in [3.05, 3.63) is 82.1 Å². The summed E-state index contributed by atoms with van der Waals surface area (Å²) in [5.74, 6) is 1.07. The Morgan fingerprint density at radius 1 is 1.14 bits per heavy atom. The molecule has 0 bridgehead atoms. The van der Waals surface area contributed by atoms with Crippen molar-refractivity contribution in [1.29, 1.82) is 0 Å². The highest BCUT2D eigenvalue weighted by Crippen LogP contribution is 2.24. The van der Waals surface area contributed by atoms with E-state index in [-0.39, 0.29) is 5.56 Å². The van der Waals surface area contributed by atoms with E-state index >= 15 is 0 Å². The Balaban J connectivity index is 1.39. The molecule has 0 aliphatic carbocycles. The molecule has 2 N–H and O–H groups in total. The summed E-state index contributed by atoms with van der Waals surface area (Å²) in [5.41, 5.74) is 4.72. The van der Waals surface area contributed by atoms with E-state index in [0.717, 1.165) is 47.6 Å². The van der Waals surface area contributed by atoms with E-state index in [0.29, 0.717) is 18.1 Å². The van der Waals surface area contributed by atoms with E-state index in [2.05, 4.69) is 37.2 Å². The average molecular weight is 373 g/mol.